The number of imidazole rings is 1. The molecule has 1 fully saturated rings. The molecule has 0 bridgehead atoms. The van der Waals surface area contributed by atoms with Crippen molar-refractivity contribution in [1.29, 1.82) is 0 Å². The third-order valence-corrected chi connectivity index (χ3v) is 6.08. The Hall–Kier alpha value is -1.61. The summed E-state index contributed by atoms with van der Waals surface area (Å²) in [5.41, 5.74) is 0. The highest BCUT2D eigenvalue weighted by atomic mass is 32.2. The minimum atomic E-state index is -3.11. The number of sulfonamides is 1. The van der Waals surface area contributed by atoms with Crippen LogP contribution in [-0.2, 0) is 10.0 Å². The van der Waals surface area contributed by atoms with Crippen LogP contribution in [0.2, 0.25) is 0 Å². The molecule has 2 unspecified atom stereocenters. The first-order valence-corrected chi connectivity index (χ1v) is 10.5. The molecular formula is C16H30N6O2S. The molecule has 8 nitrogen and oxygen atoms in total. The van der Waals surface area contributed by atoms with E-state index in [0.29, 0.717) is 31.5 Å². The van der Waals surface area contributed by atoms with Crippen LogP contribution in [0.25, 0.3) is 0 Å². The third-order valence-electron chi connectivity index (χ3n) is 4.68. The normalized spacial score (nSPS) is 22.2. The van der Waals surface area contributed by atoms with E-state index in [-0.39, 0.29) is 5.75 Å². The molecule has 2 heterocycles. The number of aliphatic imine (C=N–C) groups is 1. The Labute approximate surface area is 150 Å². The number of guanidine groups is 1. The van der Waals surface area contributed by atoms with Crippen LogP contribution in [0.3, 0.4) is 0 Å². The van der Waals surface area contributed by atoms with Gasteiger partial charge in [-0.1, -0.05) is 6.92 Å². The van der Waals surface area contributed by atoms with Crippen LogP contribution >= 0.6 is 0 Å². The van der Waals surface area contributed by atoms with Gasteiger partial charge in [-0.15, -0.1) is 0 Å². The number of rotatable bonds is 7. The van der Waals surface area contributed by atoms with Gasteiger partial charge in [0.1, 0.15) is 0 Å². The average molecular weight is 371 g/mol. The quantitative estimate of drug-likeness (QED) is 0.418. The molecule has 25 heavy (non-hydrogen) atoms. The van der Waals surface area contributed by atoms with Gasteiger partial charge in [0.2, 0.25) is 10.0 Å². The monoisotopic (exact) mass is 370 g/mol. The van der Waals surface area contributed by atoms with Crippen molar-refractivity contribution in [3.05, 3.63) is 18.7 Å². The first kappa shape index (κ1) is 19.7. The largest absolute Gasteiger partial charge is 0.356 e. The molecule has 0 amide bonds. The van der Waals surface area contributed by atoms with Crippen LogP contribution in [0.5, 0.6) is 0 Å². The van der Waals surface area contributed by atoms with Gasteiger partial charge in [0.25, 0.3) is 0 Å². The maximum Gasteiger partial charge on any atom is 0.211 e. The number of hydrogen-bond donors (Lipinski definition) is 2. The summed E-state index contributed by atoms with van der Waals surface area (Å²) < 4.78 is 27.6. The van der Waals surface area contributed by atoms with Crippen LogP contribution in [0.4, 0.5) is 0 Å². The topological polar surface area (TPSA) is 91.6 Å². The Balaban J connectivity index is 1.82. The van der Waals surface area contributed by atoms with Crippen LogP contribution in [-0.4, -0.2) is 67.8 Å². The van der Waals surface area contributed by atoms with Gasteiger partial charge >= 0.3 is 0 Å². The molecule has 0 spiro atoms. The Morgan fingerprint density at radius 1 is 1.40 bits per heavy atom. The fourth-order valence-corrected chi connectivity index (χ4v) is 3.71. The van der Waals surface area contributed by atoms with E-state index in [4.69, 9.17) is 0 Å². The molecule has 9 heteroatoms. The molecule has 0 saturated carbocycles. The van der Waals surface area contributed by atoms with Gasteiger partial charge < -0.3 is 14.8 Å². The maximum atomic E-state index is 11.4. The number of likely N-dealkylation sites (tertiary alicyclic amines) is 1. The first-order chi connectivity index (χ1) is 12.0. The van der Waals surface area contributed by atoms with Gasteiger partial charge in [-0.05, 0) is 25.7 Å². The molecule has 1 aliphatic rings. The van der Waals surface area contributed by atoms with E-state index in [9.17, 15) is 8.42 Å². The van der Waals surface area contributed by atoms with Crippen molar-refractivity contribution in [1.82, 2.24) is 24.5 Å². The van der Waals surface area contributed by atoms with E-state index < -0.39 is 10.0 Å². The Morgan fingerprint density at radius 2 is 2.20 bits per heavy atom. The third kappa shape index (κ3) is 5.71. The van der Waals surface area contributed by atoms with Crippen molar-refractivity contribution in [2.24, 2.45) is 10.9 Å². The van der Waals surface area contributed by atoms with Crippen LogP contribution in [0.1, 0.15) is 32.7 Å². The van der Waals surface area contributed by atoms with Crippen molar-refractivity contribution in [3.8, 4) is 0 Å². The molecular weight excluding hydrogens is 340 g/mol. The van der Waals surface area contributed by atoms with Gasteiger partial charge in [0.15, 0.2) is 5.96 Å². The minimum Gasteiger partial charge on any atom is -0.356 e. The minimum absolute atomic E-state index is 0.115. The summed E-state index contributed by atoms with van der Waals surface area (Å²) in [6.07, 6.45) is 7.52. The summed E-state index contributed by atoms with van der Waals surface area (Å²) in [5.74, 6) is 1.58. The first-order valence-electron chi connectivity index (χ1n) is 8.87. The summed E-state index contributed by atoms with van der Waals surface area (Å²) >= 11 is 0. The standard InChI is InChI=1S/C16H30N6O2S/c1-4-25(23,24)20-8-5-7-19-16(17-3)21-10-6-14(2)15(12-21)22-11-9-18-13-22/h9,11,13-15,20H,4-8,10,12H2,1-3H3,(H,17,19). The average Bonchev–Trinajstić information content (AvgIpc) is 3.13. The van der Waals surface area contributed by atoms with E-state index >= 15 is 0 Å². The zero-order chi connectivity index (χ0) is 18.3. The van der Waals surface area contributed by atoms with Gasteiger partial charge in [-0.3, -0.25) is 4.99 Å². The summed E-state index contributed by atoms with van der Waals surface area (Å²) in [5, 5.41) is 3.34. The van der Waals surface area contributed by atoms with Crippen molar-refractivity contribution >= 4 is 16.0 Å². The lowest BCUT2D eigenvalue weighted by Crippen LogP contribution is -2.49. The molecule has 2 rings (SSSR count). The predicted octanol–water partition coefficient (Wildman–Crippen LogP) is 0.671. The maximum absolute atomic E-state index is 11.4. The number of nitrogens with zero attached hydrogens (tertiary/aromatic N) is 4. The number of aromatic nitrogens is 2. The Morgan fingerprint density at radius 3 is 2.84 bits per heavy atom. The fourth-order valence-electron chi connectivity index (χ4n) is 3.05. The van der Waals surface area contributed by atoms with Crippen LogP contribution in [0, 0.1) is 5.92 Å². The zero-order valence-corrected chi connectivity index (χ0v) is 16.2. The van der Waals surface area contributed by atoms with Gasteiger partial charge in [0, 0.05) is 45.6 Å². The smallest absolute Gasteiger partial charge is 0.211 e. The second kappa shape index (κ2) is 9.19. The number of piperidine rings is 1. The Kier molecular flexibility index (Phi) is 7.24. The zero-order valence-electron chi connectivity index (χ0n) is 15.4. The number of nitrogens with one attached hydrogen (secondary N) is 2. The molecule has 1 aromatic heterocycles. The molecule has 1 aliphatic heterocycles. The number of hydrogen-bond acceptors (Lipinski definition) is 4. The second-order valence-corrected chi connectivity index (χ2v) is 8.51. The van der Waals surface area contributed by atoms with E-state index in [0.717, 1.165) is 25.5 Å². The summed E-state index contributed by atoms with van der Waals surface area (Å²) in [6.45, 7) is 6.89. The van der Waals surface area contributed by atoms with Gasteiger partial charge in [-0.2, -0.15) is 0 Å². The van der Waals surface area contributed by atoms with Crippen molar-refractivity contribution in [2.45, 2.75) is 32.7 Å². The molecule has 2 N–H and O–H groups in total. The van der Waals surface area contributed by atoms with E-state index in [2.05, 4.69) is 36.4 Å². The van der Waals surface area contributed by atoms with Crippen LogP contribution < -0.4 is 10.0 Å². The highest BCUT2D eigenvalue weighted by molar-refractivity contribution is 7.89. The molecule has 1 saturated heterocycles. The summed E-state index contributed by atoms with van der Waals surface area (Å²) in [4.78, 5) is 10.8. The molecule has 2 atom stereocenters. The van der Waals surface area contributed by atoms with Crippen molar-refractivity contribution < 1.29 is 8.42 Å². The SMILES string of the molecule is CCS(=O)(=O)NCCCNC(=NC)N1CCC(C)C(n2ccnc2)C1. The molecule has 0 radical (unpaired) electrons. The molecule has 142 valence electrons. The molecule has 1 aromatic rings. The lowest BCUT2D eigenvalue weighted by molar-refractivity contribution is 0.189. The van der Waals surface area contributed by atoms with Crippen molar-refractivity contribution in [2.75, 3.05) is 39.0 Å². The molecule has 0 aliphatic carbocycles. The highest BCUT2D eigenvalue weighted by Crippen LogP contribution is 2.27. The van der Waals surface area contributed by atoms with Gasteiger partial charge in [-0.25, -0.2) is 18.1 Å². The second-order valence-electron chi connectivity index (χ2n) is 6.41. The summed E-state index contributed by atoms with van der Waals surface area (Å²) in [7, 11) is -1.33. The van der Waals surface area contributed by atoms with Crippen molar-refractivity contribution in [3.63, 3.8) is 0 Å². The lowest BCUT2D eigenvalue weighted by atomic mass is 9.93. The highest BCUT2D eigenvalue weighted by Gasteiger charge is 2.28. The fraction of sp³-hybridized carbons (Fsp3) is 0.750. The predicted molar refractivity (Wildman–Crippen MR) is 100 cm³/mol. The Bertz CT molecular complexity index is 644. The van der Waals surface area contributed by atoms with E-state index in [1.165, 1.54) is 0 Å². The van der Waals surface area contributed by atoms with E-state index in [1.54, 1.807) is 14.0 Å². The summed E-state index contributed by atoms with van der Waals surface area (Å²) in [6, 6.07) is 0.381. The van der Waals surface area contributed by atoms with E-state index in [1.807, 2.05) is 18.7 Å². The van der Waals surface area contributed by atoms with Gasteiger partial charge in [0.05, 0.1) is 18.1 Å². The lowest BCUT2D eigenvalue weighted by Gasteiger charge is -2.39. The van der Waals surface area contributed by atoms with Crippen LogP contribution in [0.15, 0.2) is 23.7 Å². The molecule has 0 aromatic carbocycles.